The Labute approximate surface area is 107 Å². The van der Waals surface area contributed by atoms with Crippen LogP contribution in [0, 0.1) is 5.82 Å². The largest absolute Gasteiger partial charge is 0.591 e. The number of hydrogen-bond donors (Lipinski definition) is 0. The fourth-order valence-corrected chi connectivity index (χ4v) is 1.73. The van der Waals surface area contributed by atoms with Gasteiger partial charge in [0.1, 0.15) is 21.9 Å². The van der Waals surface area contributed by atoms with Crippen molar-refractivity contribution < 1.29 is 17.7 Å². The summed E-state index contributed by atoms with van der Waals surface area (Å²) < 4.78 is 53.6. The maximum Gasteiger partial charge on any atom is 0.285 e. The highest BCUT2D eigenvalue weighted by Crippen LogP contribution is 2.21. The maximum atomic E-state index is 13.4. The van der Waals surface area contributed by atoms with Crippen LogP contribution in [0.5, 0.6) is 0 Å². The summed E-state index contributed by atoms with van der Waals surface area (Å²) in [7, 11) is 0. The molecule has 0 bridgehead atoms. The van der Waals surface area contributed by atoms with Crippen molar-refractivity contribution in [3.63, 3.8) is 0 Å². The second-order valence-corrected chi connectivity index (χ2v) is 6.52. The molecule has 0 spiro atoms. The summed E-state index contributed by atoms with van der Waals surface area (Å²) in [5.41, 5.74) is -1.09. The standard InChI is InChI=1S/C12H14F3NOS/c1-12(2,3)18(17)16-10(11(14)15)8-6-4-5-7-9(8)13/h4-7,11H,1-3H3/b16-10-/t18-/m1/s1. The second kappa shape index (κ2) is 5.75. The van der Waals surface area contributed by atoms with Crippen LogP contribution >= 0.6 is 0 Å². The highest BCUT2D eigenvalue weighted by atomic mass is 32.2. The first-order chi connectivity index (χ1) is 8.23. The van der Waals surface area contributed by atoms with E-state index >= 15 is 0 Å². The van der Waals surface area contributed by atoms with Crippen molar-refractivity contribution in [2.24, 2.45) is 4.40 Å². The number of hydrogen-bond acceptors (Lipinski definition) is 2. The van der Waals surface area contributed by atoms with Crippen LogP contribution in [0.4, 0.5) is 13.2 Å². The van der Waals surface area contributed by atoms with E-state index in [1.165, 1.54) is 18.2 Å². The predicted molar refractivity (Wildman–Crippen MR) is 66.8 cm³/mol. The van der Waals surface area contributed by atoms with E-state index in [9.17, 15) is 17.7 Å². The van der Waals surface area contributed by atoms with E-state index in [4.69, 9.17) is 0 Å². The SMILES string of the molecule is CC(C)(C)[S@@+]([O-])/N=C(/c1ccccc1F)C(F)F. The van der Waals surface area contributed by atoms with Gasteiger partial charge in [-0.3, -0.25) is 0 Å². The molecular weight excluding hydrogens is 263 g/mol. The van der Waals surface area contributed by atoms with Gasteiger partial charge in [0.15, 0.2) is 5.71 Å². The summed E-state index contributed by atoms with van der Waals surface area (Å²) in [6, 6.07) is 5.08. The first-order valence-corrected chi connectivity index (χ1v) is 6.38. The van der Waals surface area contributed by atoms with E-state index in [-0.39, 0.29) is 5.56 Å². The van der Waals surface area contributed by atoms with E-state index in [0.717, 1.165) is 6.07 Å². The molecule has 0 fully saturated rings. The minimum atomic E-state index is -2.98. The Morgan fingerprint density at radius 2 is 1.83 bits per heavy atom. The van der Waals surface area contributed by atoms with Gasteiger partial charge >= 0.3 is 0 Å². The van der Waals surface area contributed by atoms with E-state index in [1.54, 1.807) is 20.8 Å². The molecule has 0 radical (unpaired) electrons. The van der Waals surface area contributed by atoms with Crippen molar-refractivity contribution in [1.82, 2.24) is 0 Å². The third-order valence-corrected chi connectivity index (χ3v) is 3.47. The van der Waals surface area contributed by atoms with Crippen molar-refractivity contribution in [1.29, 1.82) is 0 Å². The van der Waals surface area contributed by atoms with Crippen molar-refractivity contribution in [3.05, 3.63) is 35.6 Å². The minimum Gasteiger partial charge on any atom is -0.591 e. The van der Waals surface area contributed by atoms with Gasteiger partial charge in [0.05, 0.1) is 0 Å². The number of rotatable bonds is 3. The van der Waals surface area contributed by atoms with Crippen LogP contribution in [-0.4, -0.2) is 21.4 Å². The molecule has 0 N–H and O–H groups in total. The molecule has 0 aromatic heterocycles. The van der Waals surface area contributed by atoms with Crippen LogP contribution in [0.3, 0.4) is 0 Å². The minimum absolute atomic E-state index is 0.315. The van der Waals surface area contributed by atoms with Crippen LogP contribution in [0.25, 0.3) is 0 Å². The quantitative estimate of drug-likeness (QED) is 0.616. The summed E-state index contributed by atoms with van der Waals surface area (Å²) in [5, 5.41) is 0. The van der Waals surface area contributed by atoms with Crippen molar-refractivity contribution in [2.75, 3.05) is 0 Å². The Hall–Kier alpha value is -1.01. The topological polar surface area (TPSA) is 35.4 Å². The van der Waals surface area contributed by atoms with Crippen LogP contribution in [0.1, 0.15) is 26.3 Å². The molecule has 1 rings (SSSR count). The third-order valence-electron chi connectivity index (χ3n) is 2.06. The molecule has 0 aliphatic carbocycles. The summed E-state index contributed by atoms with van der Waals surface area (Å²) >= 11 is -1.86. The smallest absolute Gasteiger partial charge is 0.285 e. The lowest BCUT2D eigenvalue weighted by molar-refractivity contribution is 0.226. The molecule has 0 heterocycles. The van der Waals surface area contributed by atoms with Crippen LogP contribution in [0.15, 0.2) is 28.7 Å². The van der Waals surface area contributed by atoms with Crippen molar-refractivity contribution in [2.45, 2.75) is 31.9 Å². The number of nitrogens with zero attached hydrogens (tertiary/aromatic N) is 1. The molecule has 2 nitrogen and oxygen atoms in total. The zero-order chi connectivity index (χ0) is 13.9. The van der Waals surface area contributed by atoms with Crippen LogP contribution in [-0.2, 0) is 11.4 Å². The molecule has 0 saturated heterocycles. The summed E-state index contributed by atoms with van der Waals surface area (Å²) in [4.78, 5) is 0. The van der Waals surface area contributed by atoms with E-state index in [0.29, 0.717) is 0 Å². The highest BCUT2D eigenvalue weighted by Gasteiger charge is 2.30. The fourth-order valence-electron chi connectivity index (χ4n) is 1.10. The van der Waals surface area contributed by atoms with Gasteiger partial charge in [-0.05, 0) is 32.9 Å². The molecule has 6 heteroatoms. The molecular formula is C12H14F3NOS. The van der Waals surface area contributed by atoms with Crippen LogP contribution in [0.2, 0.25) is 0 Å². The van der Waals surface area contributed by atoms with Gasteiger partial charge in [0.2, 0.25) is 0 Å². The summed E-state index contributed by atoms with van der Waals surface area (Å²) in [6.07, 6.45) is -2.98. The molecule has 18 heavy (non-hydrogen) atoms. The first-order valence-electron chi connectivity index (χ1n) is 5.27. The van der Waals surface area contributed by atoms with E-state index < -0.39 is 34.1 Å². The van der Waals surface area contributed by atoms with Gasteiger partial charge in [-0.15, -0.1) is 0 Å². The molecule has 1 atom stereocenters. The molecule has 0 aliphatic rings. The highest BCUT2D eigenvalue weighted by molar-refractivity contribution is 7.91. The third kappa shape index (κ3) is 3.74. The Morgan fingerprint density at radius 1 is 1.28 bits per heavy atom. The zero-order valence-electron chi connectivity index (χ0n) is 10.3. The Kier molecular flexibility index (Phi) is 4.81. The Bertz CT molecular complexity index is 443. The van der Waals surface area contributed by atoms with Gasteiger partial charge in [-0.1, -0.05) is 16.5 Å². The molecule has 0 unspecified atom stereocenters. The number of alkyl halides is 2. The molecule has 100 valence electrons. The summed E-state index contributed by atoms with van der Waals surface area (Å²) in [6.45, 7) is 4.82. The van der Waals surface area contributed by atoms with Gasteiger partial charge in [-0.2, -0.15) is 0 Å². The Balaban J connectivity index is 3.20. The lowest BCUT2D eigenvalue weighted by Crippen LogP contribution is -2.28. The molecule has 0 saturated carbocycles. The molecule has 1 aromatic rings. The lowest BCUT2D eigenvalue weighted by atomic mass is 10.1. The van der Waals surface area contributed by atoms with Crippen LogP contribution < -0.4 is 0 Å². The van der Waals surface area contributed by atoms with Gasteiger partial charge in [-0.25, -0.2) is 13.2 Å². The zero-order valence-corrected chi connectivity index (χ0v) is 11.1. The van der Waals surface area contributed by atoms with E-state index in [2.05, 4.69) is 4.40 Å². The predicted octanol–water partition coefficient (Wildman–Crippen LogP) is 3.34. The monoisotopic (exact) mass is 277 g/mol. The van der Waals surface area contributed by atoms with Gasteiger partial charge in [0.25, 0.3) is 6.43 Å². The lowest BCUT2D eigenvalue weighted by Gasteiger charge is -2.19. The average molecular weight is 277 g/mol. The summed E-state index contributed by atoms with van der Waals surface area (Å²) in [5.74, 6) is -0.803. The molecule has 0 amide bonds. The number of halogens is 3. The molecule has 0 aliphatic heterocycles. The second-order valence-electron chi connectivity index (χ2n) is 4.62. The first kappa shape index (κ1) is 15.0. The normalized spacial score (nSPS) is 15.0. The maximum absolute atomic E-state index is 13.4. The van der Waals surface area contributed by atoms with Crippen molar-refractivity contribution >= 4 is 17.1 Å². The van der Waals surface area contributed by atoms with Gasteiger partial charge < -0.3 is 4.55 Å². The number of benzene rings is 1. The van der Waals surface area contributed by atoms with E-state index in [1.807, 2.05) is 0 Å². The molecule has 1 aromatic carbocycles. The Morgan fingerprint density at radius 3 is 2.28 bits per heavy atom. The van der Waals surface area contributed by atoms with Crippen molar-refractivity contribution in [3.8, 4) is 0 Å². The average Bonchev–Trinajstić information content (AvgIpc) is 2.25. The van der Waals surface area contributed by atoms with Gasteiger partial charge in [0, 0.05) is 5.56 Å². The fraction of sp³-hybridized carbons (Fsp3) is 0.417.